The Kier molecular flexibility index (Phi) is 9.99. The summed E-state index contributed by atoms with van der Waals surface area (Å²) in [5, 5.41) is 2.79. The smallest absolute Gasteiger partial charge is 0.387 e. The molecule has 0 aliphatic carbocycles. The molecule has 0 aromatic heterocycles. The van der Waals surface area contributed by atoms with E-state index in [4.69, 9.17) is 18.9 Å². The van der Waals surface area contributed by atoms with Gasteiger partial charge in [0.1, 0.15) is 0 Å². The zero-order chi connectivity index (χ0) is 30.3. The number of rotatable bonds is 11. The number of halogens is 2. The first-order chi connectivity index (χ1) is 20.2. The van der Waals surface area contributed by atoms with Crippen LogP contribution in [0.25, 0.3) is 11.6 Å². The third-order valence-electron chi connectivity index (χ3n) is 6.37. The number of carbonyl (C=O) groups is 1. The lowest BCUT2D eigenvalue weighted by atomic mass is 10.0. The van der Waals surface area contributed by atoms with Gasteiger partial charge in [-0.05, 0) is 65.7 Å². The highest BCUT2D eigenvalue weighted by Gasteiger charge is 2.26. The summed E-state index contributed by atoms with van der Waals surface area (Å²) in [6, 6.07) is 15.0. The maximum Gasteiger partial charge on any atom is 0.387 e. The van der Waals surface area contributed by atoms with Gasteiger partial charge < -0.3 is 29.0 Å². The highest BCUT2D eigenvalue weighted by molar-refractivity contribution is 7.89. The summed E-state index contributed by atoms with van der Waals surface area (Å²) in [5.74, 6) is 0.192. The SMILES string of the molecule is COc1ccc(C(=Cc2ccc(OC(F)F)c(OC)c2)C(=O)Nc2ccc(S(=O)(=O)N3CCOCC3)cc2)cc1OC. The quantitative estimate of drug-likeness (QED) is 0.251. The van der Waals surface area contributed by atoms with E-state index in [1.165, 1.54) is 68.1 Å². The highest BCUT2D eigenvalue weighted by Crippen LogP contribution is 2.34. The van der Waals surface area contributed by atoms with Crippen molar-refractivity contribution in [2.75, 3.05) is 52.9 Å². The monoisotopic (exact) mass is 604 g/mol. The summed E-state index contributed by atoms with van der Waals surface area (Å²) in [7, 11) is 0.554. The third-order valence-corrected chi connectivity index (χ3v) is 8.29. The number of nitrogens with one attached hydrogen (secondary N) is 1. The molecular weight excluding hydrogens is 574 g/mol. The number of morpholine rings is 1. The minimum atomic E-state index is -3.71. The number of benzene rings is 3. The van der Waals surface area contributed by atoms with Gasteiger partial charge in [0, 0.05) is 24.4 Å². The van der Waals surface area contributed by atoms with Gasteiger partial charge in [0.2, 0.25) is 10.0 Å². The Morgan fingerprint density at radius 2 is 1.50 bits per heavy atom. The first-order valence-electron chi connectivity index (χ1n) is 12.7. The Labute approximate surface area is 242 Å². The van der Waals surface area contributed by atoms with Gasteiger partial charge in [-0.3, -0.25) is 4.79 Å². The molecule has 0 unspecified atom stereocenters. The predicted molar refractivity (Wildman–Crippen MR) is 152 cm³/mol. The maximum absolute atomic E-state index is 13.6. The molecule has 1 aliphatic heterocycles. The second-order valence-electron chi connectivity index (χ2n) is 8.91. The van der Waals surface area contributed by atoms with E-state index in [2.05, 4.69) is 10.1 Å². The molecule has 3 aromatic rings. The Bertz CT molecular complexity index is 1540. The van der Waals surface area contributed by atoms with Crippen molar-refractivity contribution in [1.82, 2.24) is 4.31 Å². The number of amides is 1. The number of sulfonamides is 1. The van der Waals surface area contributed by atoms with Crippen molar-refractivity contribution in [1.29, 1.82) is 0 Å². The van der Waals surface area contributed by atoms with Crippen LogP contribution in [0.3, 0.4) is 0 Å². The number of nitrogens with zero attached hydrogens (tertiary/aromatic N) is 1. The second kappa shape index (κ2) is 13.6. The van der Waals surface area contributed by atoms with Crippen molar-refractivity contribution < 1.29 is 45.7 Å². The van der Waals surface area contributed by atoms with Gasteiger partial charge in [0.25, 0.3) is 5.91 Å². The summed E-state index contributed by atoms with van der Waals surface area (Å²) < 4.78 is 78.5. The summed E-state index contributed by atoms with van der Waals surface area (Å²) in [5.41, 5.74) is 1.46. The van der Waals surface area contributed by atoms with E-state index in [1.807, 2.05) is 0 Å². The largest absolute Gasteiger partial charge is 0.493 e. The molecular formula is C29H30F2N2O8S. The molecule has 13 heteroatoms. The molecule has 1 fully saturated rings. The first kappa shape index (κ1) is 30.8. The molecule has 1 heterocycles. The average molecular weight is 605 g/mol. The molecule has 1 N–H and O–H groups in total. The lowest BCUT2D eigenvalue weighted by molar-refractivity contribution is -0.111. The van der Waals surface area contributed by atoms with Crippen LogP contribution in [0.4, 0.5) is 14.5 Å². The maximum atomic E-state index is 13.6. The average Bonchev–Trinajstić information content (AvgIpc) is 3.00. The Morgan fingerprint density at radius 3 is 2.12 bits per heavy atom. The number of ether oxygens (including phenoxy) is 5. The van der Waals surface area contributed by atoms with Gasteiger partial charge in [-0.15, -0.1) is 0 Å². The van der Waals surface area contributed by atoms with Gasteiger partial charge >= 0.3 is 6.61 Å². The van der Waals surface area contributed by atoms with Crippen molar-refractivity contribution in [2.24, 2.45) is 0 Å². The Morgan fingerprint density at radius 1 is 0.881 bits per heavy atom. The van der Waals surface area contributed by atoms with Crippen LogP contribution < -0.4 is 24.3 Å². The molecule has 224 valence electrons. The first-order valence-corrected chi connectivity index (χ1v) is 14.2. The topological polar surface area (TPSA) is 113 Å². The van der Waals surface area contributed by atoms with Crippen LogP contribution >= 0.6 is 0 Å². The van der Waals surface area contributed by atoms with Crippen LogP contribution in [0.5, 0.6) is 23.0 Å². The minimum Gasteiger partial charge on any atom is -0.493 e. The third kappa shape index (κ3) is 7.16. The number of alkyl halides is 2. The van der Waals surface area contributed by atoms with E-state index >= 15 is 0 Å². The van der Waals surface area contributed by atoms with Crippen molar-refractivity contribution in [3.05, 3.63) is 71.8 Å². The lowest BCUT2D eigenvalue weighted by Gasteiger charge is -2.26. The van der Waals surface area contributed by atoms with Crippen molar-refractivity contribution in [3.63, 3.8) is 0 Å². The van der Waals surface area contributed by atoms with Crippen LogP contribution in [0.15, 0.2) is 65.6 Å². The molecule has 4 rings (SSSR count). The highest BCUT2D eigenvalue weighted by atomic mass is 32.2. The van der Waals surface area contributed by atoms with Crippen LogP contribution in [0, 0.1) is 0 Å². The number of hydrogen-bond acceptors (Lipinski definition) is 8. The van der Waals surface area contributed by atoms with Gasteiger partial charge in [-0.1, -0.05) is 12.1 Å². The molecule has 0 radical (unpaired) electrons. The molecule has 0 spiro atoms. The molecule has 0 bridgehead atoms. The Hall–Kier alpha value is -4.20. The summed E-state index contributed by atoms with van der Waals surface area (Å²) in [4.78, 5) is 13.7. The van der Waals surface area contributed by atoms with E-state index in [0.29, 0.717) is 41.5 Å². The molecule has 42 heavy (non-hydrogen) atoms. The van der Waals surface area contributed by atoms with Crippen LogP contribution in [-0.2, 0) is 19.6 Å². The zero-order valence-electron chi connectivity index (χ0n) is 23.1. The van der Waals surface area contributed by atoms with Crippen molar-refractivity contribution >= 4 is 33.3 Å². The predicted octanol–water partition coefficient (Wildman–Crippen LogP) is 4.51. The van der Waals surface area contributed by atoms with E-state index in [9.17, 15) is 22.0 Å². The molecule has 3 aromatic carbocycles. The van der Waals surface area contributed by atoms with Crippen LogP contribution in [0.2, 0.25) is 0 Å². The van der Waals surface area contributed by atoms with Gasteiger partial charge in [0.15, 0.2) is 23.0 Å². The normalized spacial score (nSPS) is 14.4. The summed E-state index contributed by atoms with van der Waals surface area (Å²) in [6.45, 7) is -1.86. The fourth-order valence-electron chi connectivity index (χ4n) is 4.26. The van der Waals surface area contributed by atoms with E-state index < -0.39 is 22.5 Å². The van der Waals surface area contributed by atoms with Gasteiger partial charge in [-0.2, -0.15) is 13.1 Å². The van der Waals surface area contributed by atoms with Crippen molar-refractivity contribution in [2.45, 2.75) is 11.5 Å². The van der Waals surface area contributed by atoms with E-state index in [0.717, 1.165) is 0 Å². The fourth-order valence-corrected chi connectivity index (χ4v) is 5.67. The Balaban J connectivity index is 1.67. The molecule has 0 saturated carbocycles. The van der Waals surface area contributed by atoms with E-state index in [1.54, 1.807) is 24.3 Å². The number of methoxy groups -OCH3 is 3. The van der Waals surface area contributed by atoms with Gasteiger partial charge in [-0.25, -0.2) is 8.42 Å². The molecule has 1 saturated heterocycles. The fraction of sp³-hybridized carbons (Fsp3) is 0.276. The van der Waals surface area contributed by atoms with Crippen LogP contribution in [-0.4, -0.2) is 72.9 Å². The molecule has 0 atom stereocenters. The van der Waals surface area contributed by atoms with Crippen LogP contribution in [0.1, 0.15) is 11.1 Å². The van der Waals surface area contributed by atoms with E-state index in [-0.39, 0.29) is 35.1 Å². The van der Waals surface area contributed by atoms with Gasteiger partial charge in [0.05, 0.1) is 39.4 Å². The summed E-state index contributed by atoms with van der Waals surface area (Å²) >= 11 is 0. The number of hydrogen-bond donors (Lipinski definition) is 1. The minimum absolute atomic E-state index is 0.0492. The molecule has 10 nitrogen and oxygen atoms in total. The zero-order valence-corrected chi connectivity index (χ0v) is 24.0. The second-order valence-corrected chi connectivity index (χ2v) is 10.8. The molecule has 1 aliphatic rings. The molecule has 1 amide bonds. The number of anilines is 1. The standard InChI is InChI=1S/C29H30F2N2O8S/c1-37-24-11-5-20(18-27(24)39-3)23(16-19-4-10-25(41-29(30)31)26(17-19)38-2)28(34)32-21-6-8-22(9-7-21)42(35,36)33-12-14-40-15-13-33/h4-11,16-18,29H,12-15H2,1-3H3,(H,32,34). The van der Waals surface area contributed by atoms with Crippen molar-refractivity contribution in [3.8, 4) is 23.0 Å². The summed E-state index contributed by atoms with van der Waals surface area (Å²) in [6.07, 6.45) is 1.54. The number of carbonyl (C=O) groups excluding carboxylic acids is 1. The lowest BCUT2D eigenvalue weighted by Crippen LogP contribution is -2.40.